The van der Waals surface area contributed by atoms with E-state index in [4.69, 9.17) is 4.52 Å². The van der Waals surface area contributed by atoms with Crippen molar-refractivity contribution in [3.05, 3.63) is 47.1 Å². The maximum atomic E-state index is 11.5. The molecule has 0 saturated heterocycles. The van der Waals surface area contributed by atoms with Crippen LogP contribution >= 0.6 is 11.8 Å². The standard InChI is InChI=1S/C21H23N5O2S/c1-13(27)22-15-5-4-6-16(11-15)26-20(14-9-10-14)23-24-21(26)29-12-18-17-7-2-3-8-19(17)28-25-18/h4-6,11,14H,2-3,7-10,12H2,1H3,(H,22,27). The Kier molecular flexibility index (Phi) is 4.87. The normalized spacial score (nSPS) is 15.9. The average molecular weight is 410 g/mol. The fraction of sp³-hybridized carbons (Fsp3) is 0.429. The van der Waals surface area contributed by atoms with E-state index in [1.165, 1.54) is 25.3 Å². The lowest BCUT2D eigenvalue weighted by molar-refractivity contribution is -0.114. The summed E-state index contributed by atoms with van der Waals surface area (Å²) < 4.78 is 7.68. The number of nitrogens with zero attached hydrogens (tertiary/aromatic N) is 4. The number of rotatable bonds is 6. The van der Waals surface area contributed by atoms with E-state index >= 15 is 0 Å². The van der Waals surface area contributed by atoms with Crippen LogP contribution in [0, 0.1) is 0 Å². The van der Waals surface area contributed by atoms with Crippen molar-refractivity contribution in [2.75, 3.05) is 5.32 Å². The maximum absolute atomic E-state index is 11.5. The summed E-state index contributed by atoms with van der Waals surface area (Å²) in [6.45, 7) is 1.51. The number of anilines is 1. The minimum Gasteiger partial charge on any atom is -0.361 e. The number of benzene rings is 1. The van der Waals surface area contributed by atoms with Gasteiger partial charge in [-0.25, -0.2) is 0 Å². The van der Waals surface area contributed by atoms with Gasteiger partial charge < -0.3 is 9.84 Å². The maximum Gasteiger partial charge on any atom is 0.221 e. The average Bonchev–Trinajstić information content (AvgIpc) is 3.34. The van der Waals surface area contributed by atoms with Gasteiger partial charge in [-0.15, -0.1) is 10.2 Å². The molecule has 2 aliphatic carbocycles. The number of thioether (sulfide) groups is 1. The number of aromatic nitrogens is 4. The molecule has 2 aromatic heterocycles. The first-order chi connectivity index (χ1) is 14.2. The first-order valence-electron chi connectivity index (χ1n) is 10.1. The highest BCUT2D eigenvalue weighted by molar-refractivity contribution is 7.98. The van der Waals surface area contributed by atoms with Gasteiger partial charge in [-0.3, -0.25) is 9.36 Å². The van der Waals surface area contributed by atoms with E-state index < -0.39 is 0 Å². The molecule has 1 saturated carbocycles. The largest absolute Gasteiger partial charge is 0.361 e. The van der Waals surface area contributed by atoms with Crippen molar-refractivity contribution in [2.45, 2.75) is 62.3 Å². The molecule has 5 rings (SSSR count). The first-order valence-corrected chi connectivity index (χ1v) is 11.1. The fourth-order valence-corrected chi connectivity index (χ4v) is 4.76. The number of carbonyl (C=O) groups is 1. The molecule has 0 spiro atoms. The van der Waals surface area contributed by atoms with Gasteiger partial charge >= 0.3 is 0 Å². The third-order valence-corrected chi connectivity index (χ3v) is 6.34. The second kappa shape index (κ2) is 7.67. The van der Waals surface area contributed by atoms with Crippen LogP contribution in [0.2, 0.25) is 0 Å². The second-order valence-corrected chi connectivity index (χ2v) is 8.65. The number of hydrogen-bond donors (Lipinski definition) is 1. The van der Waals surface area contributed by atoms with Crippen molar-refractivity contribution in [1.82, 2.24) is 19.9 Å². The number of amides is 1. The molecule has 2 aliphatic rings. The number of nitrogens with one attached hydrogen (secondary N) is 1. The van der Waals surface area contributed by atoms with E-state index in [2.05, 4.69) is 25.2 Å². The van der Waals surface area contributed by atoms with E-state index in [-0.39, 0.29) is 5.91 Å². The quantitative estimate of drug-likeness (QED) is 0.612. The molecule has 1 fully saturated rings. The van der Waals surface area contributed by atoms with Gasteiger partial charge in [0, 0.05) is 36.3 Å². The minimum atomic E-state index is -0.0845. The number of carbonyl (C=O) groups excluding carboxylic acids is 1. The summed E-state index contributed by atoms with van der Waals surface area (Å²) in [5.74, 6) is 3.14. The van der Waals surface area contributed by atoms with Gasteiger partial charge in [0.25, 0.3) is 0 Å². The van der Waals surface area contributed by atoms with Crippen LogP contribution in [0.25, 0.3) is 5.69 Å². The van der Waals surface area contributed by atoms with Crippen LogP contribution in [0.15, 0.2) is 33.9 Å². The fourth-order valence-electron chi connectivity index (χ4n) is 3.84. The Labute approximate surface area is 173 Å². The molecule has 0 unspecified atom stereocenters. The van der Waals surface area contributed by atoms with Crippen molar-refractivity contribution in [2.24, 2.45) is 0 Å². The van der Waals surface area contributed by atoms with Crippen LogP contribution in [0.4, 0.5) is 5.69 Å². The molecule has 0 radical (unpaired) electrons. The zero-order chi connectivity index (χ0) is 19.8. The van der Waals surface area contributed by atoms with Gasteiger partial charge in [-0.2, -0.15) is 0 Å². The zero-order valence-corrected chi connectivity index (χ0v) is 17.2. The topological polar surface area (TPSA) is 85.8 Å². The highest BCUT2D eigenvalue weighted by Crippen LogP contribution is 2.41. The van der Waals surface area contributed by atoms with Crippen molar-refractivity contribution in [3.8, 4) is 5.69 Å². The third-order valence-electron chi connectivity index (χ3n) is 5.40. The molecule has 2 heterocycles. The van der Waals surface area contributed by atoms with Crippen LogP contribution in [0.3, 0.4) is 0 Å². The summed E-state index contributed by atoms with van der Waals surface area (Å²) in [5, 5.41) is 17.0. The van der Waals surface area contributed by atoms with Crippen molar-refractivity contribution >= 4 is 23.4 Å². The second-order valence-electron chi connectivity index (χ2n) is 7.71. The molecule has 1 amide bonds. The molecular formula is C21H23N5O2S. The lowest BCUT2D eigenvalue weighted by atomic mass is 9.97. The highest BCUT2D eigenvalue weighted by Gasteiger charge is 2.31. The third kappa shape index (κ3) is 3.81. The Morgan fingerprint density at radius 1 is 1.28 bits per heavy atom. The van der Waals surface area contributed by atoms with Crippen LogP contribution in [-0.2, 0) is 23.4 Å². The van der Waals surface area contributed by atoms with Gasteiger partial charge in [0.05, 0.1) is 11.4 Å². The number of aryl methyl sites for hydroxylation is 1. The van der Waals surface area contributed by atoms with E-state index in [1.807, 2.05) is 24.3 Å². The van der Waals surface area contributed by atoms with E-state index in [9.17, 15) is 4.79 Å². The Morgan fingerprint density at radius 2 is 2.14 bits per heavy atom. The summed E-state index contributed by atoms with van der Waals surface area (Å²) in [7, 11) is 0. The van der Waals surface area contributed by atoms with Gasteiger partial charge in [-0.1, -0.05) is 23.0 Å². The van der Waals surface area contributed by atoms with Crippen LogP contribution < -0.4 is 5.32 Å². The molecule has 0 aliphatic heterocycles. The molecular weight excluding hydrogens is 386 g/mol. The smallest absolute Gasteiger partial charge is 0.221 e. The lowest BCUT2D eigenvalue weighted by Crippen LogP contribution is -2.07. The summed E-state index contributed by atoms with van der Waals surface area (Å²) >= 11 is 1.64. The van der Waals surface area contributed by atoms with Crippen LogP contribution in [-0.4, -0.2) is 25.8 Å². The summed E-state index contributed by atoms with van der Waals surface area (Å²) in [6.07, 6.45) is 6.71. The molecule has 1 N–H and O–H groups in total. The summed E-state index contributed by atoms with van der Waals surface area (Å²) in [6, 6.07) is 7.83. The highest BCUT2D eigenvalue weighted by atomic mass is 32.2. The Hall–Kier alpha value is -2.61. The molecule has 7 nitrogen and oxygen atoms in total. The van der Waals surface area contributed by atoms with E-state index in [0.717, 1.165) is 59.5 Å². The zero-order valence-electron chi connectivity index (χ0n) is 16.4. The van der Waals surface area contributed by atoms with E-state index in [0.29, 0.717) is 11.7 Å². The SMILES string of the molecule is CC(=O)Nc1cccc(-n2c(SCc3noc4c3CCCC4)nnc2C2CC2)c1. The summed E-state index contributed by atoms with van der Waals surface area (Å²) in [5.41, 5.74) is 4.05. The molecule has 150 valence electrons. The molecule has 0 bridgehead atoms. The predicted octanol–water partition coefficient (Wildman–Crippen LogP) is 4.26. The number of hydrogen-bond acceptors (Lipinski definition) is 6. The molecule has 8 heteroatoms. The molecule has 1 aromatic carbocycles. The van der Waals surface area contributed by atoms with Gasteiger partial charge in [0.15, 0.2) is 5.16 Å². The monoisotopic (exact) mass is 409 g/mol. The Bertz CT molecular complexity index is 1050. The minimum absolute atomic E-state index is 0.0845. The molecule has 29 heavy (non-hydrogen) atoms. The summed E-state index contributed by atoms with van der Waals surface area (Å²) in [4.78, 5) is 11.5. The molecule has 0 atom stereocenters. The van der Waals surface area contributed by atoms with Crippen LogP contribution in [0.1, 0.15) is 61.4 Å². The van der Waals surface area contributed by atoms with Crippen molar-refractivity contribution in [1.29, 1.82) is 0 Å². The van der Waals surface area contributed by atoms with Crippen molar-refractivity contribution < 1.29 is 9.32 Å². The first kappa shape index (κ1) is 18.4. The van der Waals surface area contributed by atoms with Crippen molar-refractivity contribution in [3.63, 3.8) is 0 Å². The molecule has 3 aromatic rings. The predicted molar refractivity (Wildman–Crippen MR) is 110 cm³/mol. The Morgan fingerprint density at radius 3 is 2.97 bits per heavy atom. The van der Waals surface area contributed by atoms with E-state index in [1.54, 1.807) is 11.8 Å². The number of fused-ring (bicyclic) bond motifs is 1. The van der Waals surface area contributed by atoms with Gasteiger partial charge in [-0.05, 0) is 50.3 Å². The Balaban J connectivity index is 1.44. The lowest BCUT2D eigenvalue weighted by Gasteiger charge is -2.12. The van der Waals surface area contributed by atoms with Crippen LogP contribution in [0.5, 0.6) is 0 Å². The van der Waals surface area contributed by atoms with Gasteiger partial charge in [0.1, 0.15) is 11.6 Å². The van der Waals surface area contributed by atoms with Gasteiger partial charge in [0.2, 0.25) is 5.91 Å².